The molecule has 122 valence electrons. The summed E-state index contributed by atoms with van der Waals surface area (Å²) >= 11 is 0. The Kier molecular flexibility index (Phi) is 4.84. The maximum absolute atomic E-state index is 11.6. The number of ether oxygens (including phenoxy) is 1. The Bertz CT molecular complexity index is 520. The van der Waals surface area contributed by atoms with Gasteiger partial charge in [-0.2, -0.15) is 0 Å². The number of esters is 1. The van der Waals surface area contributed by atoms with Gasteiger partial charge in [-0.1, -0.05) is 0 Å². The second kappa shape index (κ2) is 6.84. The van der Waals surface area contributed by atoms with E-state index >= 15 is 0 Å². The molecule has 2 fully saturated rings. The highest BCUT2D eigenvalue weighted by Gasteiger charge is 2.27. The molecule has 2 aliphatic heterocycles. The predicted octanol–water partition coefficient (Wildman–Crippen LogP) is 2.43. The minimum absolute atomic E-state index is 0.339. The molecule has 0 amide bonds. The first kappa shape index (κ1) is 15.6. The Morgan fingerprint density at radius 3 is 2.82 bits per heavy atom. The number of nitrogens with zero attached hydrogens (tertiary/aromatic N) is 2. The van der Waals surface area contributed by atoms with E-state index in [9.17, 15) is 4.79 Å². The first-order chi connectivity index (χ1) is 10.7. The number of furan rings is 1. The van der Waals surface area contributed by atoms with Crippen molar-refractivity contribution in [3.05, 3.63) is 23.2 Å². The van der Waals surface area contributed by atoms with E-state index in [1.165, 1.54) is 45.9 Å². The van der Waals surface area contributed by atoms with Gasteiger partial charge in [0.2, 0.25) is 5.76 Å². The second-order valence-corrected chi connectivity index (χ2v) is 6.49. The number of rotatable bonds is 4. The summed E-state index contributed by atoms with van der Waals surface area (Å²) in [7, 11) is 1.38. The van der Waals surface area contributed by atoms with Crippen molar-refractivity contribution in [1.82, 2.24) is 9.80 Å². The van der Waals surface area contributed by atoms with Crippen molar-refractivity contribution in [1.29, 1.82) is 0 Å². The van der Waals surface area contributed by atoms with Crippen LogP contribution in [-0.4, -0.2) is 55.1 Å². The molecule has 1 atom stereocenters. The summed E-state index contributed by atoms with van der Waals surface area (Å²) in [6, 6.07) is 2.65. The summed E-state index contributed by atoms with van der Waals surface area (Å²) in [4.78, 5) is 16.7. The number of carbonyl (C=O) groups is 1. The molecular weight excluding hydrogens is 280 g/mol. The summed E-state index contributed by atoms with van der Waals surface area (Å²) in [6.07, 6.45) is 5.23. The van der Waals surface area contributed by atoms with Crippen LogP contribution in [-0.2, 0) is 11.3 Å². The minimum Gasteiger partial charge on any atom is -0.463 e. The lowest BCUT2D eigenvalue weighted by Gasteiger charge is -2.37. The van der Waals surface area contributed by atoms with Gasteiger partial charge in [0, 0.05) is 18.2 Å². The number of carbonyl (C=O) groups excluding carboxylic acids is 1. The van der Waals surface area contributed by atoms with E-state index in [0.717, 1.165) is 31.0 Å². The van der Waals surface area contributed by atoms with E-state index in [-0.39, 0.29) is 0 Å². The second-order valence-electron chi connectivity index (χ2n) is 6.49. The summed E-state index contributed by atoms with van der Waals surface area (Å²) in [5.74, 6) is 0.808. The molecule has 2 saturated heterocycles. The van der Waals surface area contributed by atoms with Crippen molar-refractivity contribution >= 4 is 5.97 Å². The highest BCUT2D eigenvalue weighted by molar-refractivity contribution is 5.87. The molecule has 0 bridgehead atoms. The normalized spacial score (nSPS) is 23.8. The van der Waals surface area contributed by atoms with Crippen molar-refractivity contribution in [2.24, 2.45) is 0 Å². The molecule has 5 heteroatoms. The van der Waals surface area contributed by atoms with Crippen LogP contribution in [0.3, 0.4) is 0 Å². The van der Waals surface area contributed by atoms with Crippen molar-refractivity contribution in [3.8, 4) is 0 Å². The lowest BCUT2D eigenvalue weighted by atomic mass is 10.0. The number of aryl methyl sites for hydroxylation is 1. The molecule has 3 heterocycles. The van der Waals surface area contributed by atoms with Crippen molar-refractivity contribution < 1.29 is 13.9 Å². The monoisotopic (exact) mass is 306 g/mol. The standard InChI is InChI=1S/C17H26N2O3/c1-13-10-15(22-16(13)17(20)21-2)12-18-7-5-6-14(11-18)19-8-3-4-9-19/h10,14H,3-9,11-12H2,1-2H3. The Labute approximate surface area is 132 Å². The van der Waals surface area contributed by atoms with Gasteiger partial charge in [-0.15, -0.1) is 0 Å². The number of likely N-dealkylation sites (tertiary alicyclic amines) is 2. The molecule has 1 aromatic rings. The first-order valence-electron chi connectivity index (χ1n) is 8.31. The largest absolute Gasteiger partial charge is 0.463 e. The molecule has 0 saturated carbocycles. The molecule has 3 rings (SSSR count). The topological polar surface area (TPSA) is 45.9 Å². The molecule has 22 heavy (non-hydrogen) atoms. The smallest absolute Gasteiger partial charge is 0.374 e. The average molecular weight is 306 g/mol. The summed E-state index contributed by atoms with van der Waals surface area (Å²) in [5, 5.41) is 0. The van der Waals surface area contributed by atoms with E-state index in [2.05, 4.69) is 9.80 Å². The van der Waals surface area contributed by atoms with E-state index in [0.29, 0.717) is 11.8 Å². The highest BCUT2D eigenvalue weighted by Crippen LogP contribution is 2.23. The van der Waals surface area contributed by atoms with Crippen molar-refractivity contribution in [2.45, 2.75) is 45.2 Å². The van der Waals surface area contributed by atoms with Crippen LogP contribution in [0.25, 0.3) is 0 Å². The van der Waals surface area contributed by atoms with Gasteiger partial charge in [0.1, 0.15) is 5.76 Å². The van der Waals surface area contributed by atoms with Crippen LogP contribution in [0.2, 0.25) is 0 Å². The Balaban J connectivity index is 1.61. The van der Waals surface area contributed by atoms with Crippen LogP contribution in [0.4, 0.5) is 0 Å². The average Bonchev–Trinajstić information content (AvgIpc) is 3.17. The molecule has 0 radical (unpaired) electrons. The lowest BCUT2D eigenvalue weighted by molar-refractivity contribution is 0.0557. The van der Waals surface area contributed by atoms with Gasteiger partial charge in [0.15, 0.2) is 0 Å². The molecule has 1 unspecified atom stereocenters. The fraction of sp³-hybridized carbons (Fsp3) is 0.706. The maximum atomic E-state index is 11.6. The third-order valence-electron chi connectivity index (χ3n) is 4.86. The number of hydrogen-bond acceptors (Lipinski definition) is 5. The SMILES string of the molecule is COC(=O)c1oc(CN2CCCC(N3CCCC3)C2)cc1C. The molecule has 0 N–H and O–H groups in total. The number of hydrogen-bond donors (Lipinski definition) is 0. The molecule has 0 aromatic carbocycles. The lowest BCUT2D eigenvalue weighted by Crippen LogP contribution is -2.46. The third-order valence-corrected chi connectivity index (χ3v) is 4.86. The summed E-state index contributed by atoms with van der Waals surface area (Å²) in [6.45, 7) is 7.39. The van der Waals surface area contributed by atoms with Gasteiger partial charge in [-0.25, -0.2) is 4.79 Å². The number of piperidine rings is 1. The Hall–Kier alpha value is -1.33. The minimum atomic E-state index is -0.391. The predicted molar refractivity (Wildman–Crippen MR) is 83.9 cm³/mol. The van der Waals surface area contributed by atoms with E-state index in [1.807, 2.05) is 13.0 Å². The van der Waals surface area contributed by atoms with Crippen molar-refractivity contribution in [3.63, 3.8) is 0 Å². The van der Waals surface area contributed by atoms with Gasteiger partial charge in [0.05, 0.1) is 13.7 Å². The van der Waals surface area contributed by atoms with E-state index in [4.69, 9.17) is 9.15 Å². The molecule has 2 aliphatic rings. The van der Waals surface area contributed by atoms with Crippen LogP contribution in [0.15, 0.2) is 10.5 Å². The van der Waals surface area contributed by atoms with Gasteiger partial charge in [0.25, 0.3) is 0 Å². The molecule has 5 nitrogen and oxygen atoms in total. The summed E-state index contributed by atoms with van der Waals surface area (Å²) < 4.78 is 10.5. The van der Waals surface area contributed by atoms with E-state index < -0.39 is 5.97 Å². The molecule has 0 spiro atoms. The van der Waals surface area contributed by atoms with Gasteiger partial charge in [-0.3, -0.25) is 9.80 Å². The van der Waals surface area contributed by atoms with Crippen LogP contribution >= 0.6 is 0 Å². The zero-order valence-electron chi connectivity index (χ0n) is 13.6. The number of methoxy groups -OCH3 is 1. The summed E-state index contributed by atoms with van der Waals surface area (Å²) in [5.41, 5.74) is 0.856. The fourth-order valence-electron chi connectivity index (χ4n) is 3.72. The third kappa shape index (κ3) is 3.36. The van der Waals surface area contributed by atoms with E-state index in [1.54, 1.807) is 0 Å². The zero-order chi connectivity index (χ0) is 15.5. The van der Waals surface area contributed by atoms with Crippen LogP contribution < -0.4 is 0 Å². The Morgan fingerprint density at radius 1 is 1.32 bits per heavy atom. The van der Waals surface area contributed by atoms with Gasteiger partial charge < -0.3 is 9.15 Å². The van der Waals surface area contributed by atoms with Crippen LogP contribution in [0.1, 0.15) is 47.6 Å². The van der Waals surface area contributed by atoms with Gasteiger partial charge in [-0.05, 0) is 58.3 Å². The quantitative estimate of drug-likeness (QED) is 0.800. The Morgan fingerprint density at radius 2 is 2.09 bits per heavy atom. The zero-order valence-corrected chi connectivity index (χ0v) is 13.6. The molecule has 1 aromatic heterocycles. The first-order valence-corrected chi connectivity index (χ1v) is 8.31. The highest BCUT2D eigenvalue weighted by atomic mass is 16.5. The van der Waals surface area contributed by atoms with Crippen LogP contribution in [0, 0.1) is 6.92 Å². The van der Waals surface area contributed by atoms with Crippen LogP contribution in [0.5, 0.6) is 0 Å². The maximum Gasteiger partial charge on any atom is 0.374 e. The fourth-order valence-corrected chi connectivity index (χ4v) is 3.72. The molecule has 0 aliphatic carbocycles. The van der Waals surface area contributed by atoms with Crippen molar-refractivity contribution in [2.75, 3.05) is 33.3 Å². The van der Waals surface area contributed by atoms with Gasteiger partial charge >= 0.3 is 5.97 Å². The molecular formula is C17H26N2O3.